The molecule has 0 fully saturated rings. The van der Waals surface area contributed by atoms with Gasteiger partial charge in [0.1, 0.15) is 5.82 Å². The van der Waals surface area contributed by atoms with Crippen molar-refractivity contribution in [1.82, 2.24) is 9.38 Å². The van der Waals surface area contributed by atoms with E-state index in [-0.39, 0.29) is 0 Å². The molecule has 3 rings (SSSR count). The van der Waals surface area contributed by atoms with Crippen LogP contribution in [0.4, 0.5) is 0 Å². The van der Waals surface area contributed by atoms with E-state index in [9.17, 15) is 0 Å². The lowest BCUT2D eigenvalue weighted by atomic mass is 10.1. The van der Waals surface area contributed by atoms with Gasteiger partial charge >= 0.3 is 0 Å². The predicted molar refractivity (Wildman–Crippen MR) is 76.9 cm³/mol. The zero-order valence-corrected chi connectivity index (χ0v) is 11.7. The Bertz CT molecular complexity index is 683. The van der Waals surface area contributed by atoms with Crippen LogP contribution < -0.4 is 0 Å². The van der Waals surface area contributed by atoms with Gasteiger partial charge in [-0.15, -0.1) is 0 Å². The minimum absolute atomic E-state index is 0.844. The average molecular weight is 301 g/mol. The van der Waals surface area contributed by atoms with Gasteiger partial charge in [0.25, 0.3) is 0 Å². The zero-order chi connectivity index (χ0) is 12.5. The molecule has 0 bridgehead atoms. The van der Waals surface area contributed by atoms with Crippen LogP contribution >= 0.6 is 15.9 Å². The number of hydrogen-bond donors (Lipinski definition) is 0. The van der Waals surface area contributed by atoms with Crippen molar-refractivity contribution in [2.24, 2.45) is 0 Å². The Morgan fingerprint density at radius 1 is 1.11 bits per heavy atom. The molecule has 2 nitrogen and oxygen atoms in total. The molecule has 0 aliphatic rings. The summed E-state index contributed by atoms with van der Waals surface area (Å²) in [7, 11) is 0. The standard InChI is InChI=1S/C15H13BrN2/c1-11-5-7-12(8-6-11)9-15-17-10-13-3-2-4-14(16)18(13)15/h2-8,10H,9H2,1H3. The van der Waals surface area contributed by atoms with E-state index in [4.69, 9.17) is 0 Å². The highest BCUT2D eigenvalue weighted by molar-refractivity contribution is 9.10. The normalized spacial score (nSPS) is 11.0. The second kappa shape index (κ2) is 4.58. The Kier molecular flexibility index (Phi) is 2.92. The molecule has 18 heavy (non-hydrogen) atoms. The lowest BCUT2D eigenvalue weighted by Crippen LogP contribution is -1.97. The van der Waals surface area contributed by atoms with Gasteiger partial charge in [-0.05, 0) is 40.5 Å². The molecule has 0 saturated heterocycles. The summed E-state index contributed by atoms with van der Waals surface area (Å²) in [5.41, 5.74) is 3.68. The first-order chi connectivity index (χ1) is 8.74. The third kappa shape index (κ3) is 2.06. The number of fused-ring (bicyclic) bond motifs is 1. The number of rotatable bonds is 2. The Balaban J connectivity index is 2.02. The van der Waals surface area contributed by atoms with Gasteiger partial charge in [0, 0.05) is 6.42 Å². The van der Waals surface area contributed by atoms with Gasteiger partial charge in [-0.1, -0.05) is 35.9 Å². The number of halogens is 1. The van der Waals surface area contributed by atoms with Crippen LogP contribution in [0.15, 0.2) is 53.3 Å². The summed E-state index contributed by atoms with van der Waals surface area (Å²) in [5, 5.41) is 0. The molecule has 0 unspecified atom stereocenters. The minimum Gasteiger partial charge on any atom is -0.290 e. The molecule has 1 aromatic carbocycles. The van der Waals surface area contributed by atoms with E-state index in [1.807, 2.05) is 18.3 Å². The highest BCUT2D eigenvalue weighted by Gasteiger charge is 2.06. The van der Waals surface area contributed by atoms with Crippen molar-refractivity contribution in [3.63, 3.8) is 0 Å². The molecule has 90 valence electrons. The second-order valence-electron chi connectivity index (χ2n) is 4.45. The zero-order valence-electron chi connectivity index (χ0n) is 10.1. The molecule has 0 saturated carbocycles. The number of aromatic nitrogens is 2. The van der Waals surface area contributed by atoms with Gasteiger partial charge in [0.15, 0.2) is 0 Å². The number of aryl methyl sites for hydroxylation is 1. The lowest BCUT2D eigenvalue weighted by Gasteiger charge is -2.04. The largest absolute Gasteiger partial charge is 0.290 e. The number of nitrogens with zero attached hydrogens (tertiary/aromatic N) is 2. The molecular formula is C15H13BrN2. The first-order valence-corrected chi connectivity index (χ1v) is 6.70. The topological polar surface area (TPSA) is 17.3 Å². The van der Waals surface area contributed by atoms with E-state index >= 15 is 0 Å². The molecular weight excluding hydrogens is 288 g/mol. The smallest absolute Gasteiger partial charge is 0.118 e. The van der Waals surface area contributed by atoms with Gasteiger partial charge in [-0.3, -0.25) is 4.40 Å². The fourth-order valence-electron chi connectivity index (χ4n) is 2.08. The molecule has 2 heterocycles. The van der Waals surface area contributed by atoms with Crippen molar-refractivity contribution < 1.29 is 0 Å². The molecule has 0 spiro atoms. The quantitative estimate of drug-likeness (QED) is 0.654. The van der Waals surface area contributed by atoms with Crippen molar-refractivity contribution >= 4 is 21.4 Å². The van der Waals surface area contributed by atoms with Crippen molar-refractivity contribution in [2.45, 2.75) is 13.3 Å². The van der Waals surface area contributed by atoms with E-state index in [1.54, 1.807) is 0 Å². The van der Waals surface area contributed by atoms with Crippen molar-refractivity contribution in [1.29, 1.82) is 0 Å². The molecule has 3 heteroatoms. The highest BCUT2D eigenvalue weighted by Crippen LogP contribution is 2.18. The molecule has 2 aromatic heterocycles. The van der Waals surface area contributed by atoms with Gasteiger partial charge in [0.05, 0.1) is 16.3 Å². The van der Waals surface area contributed by atoms with Crippen LogP contribution in [0.3, 0.4) is 0 Å². The van der Waals surface area contributed by atoms with Crippen molar-refractivity contribution in [3.8, 4) is 0 Å². The summed E-state index contributed by atoms with van der Waals surface area (Å²) in [5.74, 6) is 1.06. The van der Waals surface area contributed by atoms with Crippen LogP contribution in [0.1, 0.15) is 17.0 Å². The Morgan fingerprint density at radius 3 is 2.67 bits per heavy atom. The van der Waals surface area contributed by atoms with E-state index in [2.05, 4.69) is 62.6 Å². The summed E-state index contributed by atoms with van der Waals surface area (Å²) in [6.45, 7) is 2.10. The summed E-state index contributed by atoms with van der Waals surface area (Å²) in [4.78, 5) is 4.51. The predicted octanol–water partition coefficient (Wildman–Crippen LogP) is 4.00. The SMILES string of the molecule is Cc1ccc(Cc2ncc3cccc(Br)n23)cc1. The van der Waals surface area contributed by atoms with E-state index in [0.717, 1.165) is 22.4 Å². The summed E-state index contributed by atoms with van der Waals surface area (Å²) >= 11 is 3.57. The second-order valence-corrected chi connectivity index (χ2v) is 5.26. The van der Waals surface area contributed by atoms with Crippen LogP contribution in [-0.4, -0.2) is 9.38 Å². The lowest BCUT2D eigenvalue weighted by molar-refractivity contribution is 0.946. The van der Waals surface area contributed by atoms with Gasteiger partial charge in [-0.2, -0.15) is 0 Å². The number of imidazole rings is 1. The van der Waals surface area contributed by atoms with Crippen LogP contribution in [0.25, 0.3) is 5.52 Å². The molecule has 0 amide bonds. The third-order valence-electron chi connectivity index (χ3n) is 3.06. The van der Waals surface area contributed by atoms with Crippen molar-refractivity contribution in [3.05, 3.63) is 70.2 Å². The van der Waals surface area contributed by atoms with E-state index < -0.39 is 0 Å². The third-order valence-corrected chi connectivity index (χ3v) is 3.68. The summed E-state index contributed by atoms with van der Waals surface area (Å²) < 4.78 is 3.18. The molecule has 0 aliphatic heterocycles. The molecule has 0 N–H and O–H groups in total. The fourth-order valence-corrected chi connectivity index (χ4v) is 2.65. The first-order valence-electron chi connectivity index (χ1n) is 5.90. The Hall–Kier alpha value is -1.61. The molecule has 3 aromatic rings. The Morgan fingerprint density at radius 2 is 1.89 bits per heavy atom. The van der Waals surface area contributed by atoms with Crippen LogP contribution in [0.2, 0.25) is 0 Å². The summed E-state index contributed by atoms with van der Waals surface area (Å²) in [6, 6.07) is 14.7. The fraction of sp³-hybridized carbons (Fsp3) is 0.133. The maximum Gasteiger partial charge on any atom is 0.118 e. The highest BCUT2D eigenvalue weighted by atomic mass is 79.9. The minimum atomic E-state index is 0.844. The van der Waals surface area contributed by atoms with Crippen LogP contribution in [-0.2, 0) is 6.42 Å². The van der Waals surface area contributed by atoms with Crippen LogP contribution in [0, 0.1) is 6.92 Å². The Labute approximate surface area is 114 Å². The summed E-state index contributed by atoms with van der Waals surface area (Å²) in [6.07, 6.45) is 2.76. The number of benzene rings is 1. The average Bonchev–Trinajstić information content (AvgIpc) is 2.77. The van der Waals surface area contributed by atoms with Gasteiger partial charge in [0.2, 0.25) is 0 Å². The molecule has 0 aliphatic carbocycles. The van der Waals surface area contributed by atoms with Gasteiger partial charge in [-0.25, -0.2) is 4.98 Å². The monoisotopic (exact) mass is 300 g/mol. The maximum atomic E-state index is 4.51. The number of pyridine rings is 1. The van der Waals surface area contributed by atoms with Crippen molar-refractivity contribution in [2.75, 3.05) is 0 Å². The first kappa shape index (κ1) is 11.5. The maximum absolute atomic E-state index is 4.51. The van der Waals surface area contributed by atoms with Gasteiger partial charge < -0.3 is 0 Å². The molecule has 0 atom stereocenters. The van der Waals surface area contributed by atoms with E-state index in [0.29, 0.717) is 0 Å². The number of hydrogen-bond acceptors (Lipinski definition) is 1. The van der Waals surface area contributed by atoms with Crippen LogP contribution in [0.5, 0.6) is 0 Å². The van der Waals surface area contributed by atoms with E-state index in [1.165, 1.54) is 11.1 Å². The molecule has 0 radical (unpaired) electrons.